The molecule has 1 saturated carbocycles. The Bertz CT molecular complexity index is 1150. The number of halogens is 1. The summed E-state index contributed by atoms with van der Waals surface area (Å²) in [6.45, 7) is 1.84. The molecule has 0 radical (unpaired) electrons. The molecular weight excluding hydrogens is 435 g/mol. The Balaban J connectivity index is 1.11. The molecule has 1 amide bonds. The number of hydrogen-bond donors (Lipinski definition) is 1. The van der Waals surface area contributed by atoms with E-state index in [0.717, 1.165) is 61.3 Å². The minimum absolute atomic E-state index is 0.0381. The molecule has 1 N–H and O–H groups in total. The molecule has 5 rings (SSSR count). The number of aryl methyl sites for hydroxylation is 2. The normalized spacial score (nSPS) is 21.9. The van der Waals surface area contributed by atoms with Gasteiger partial charge in [-0.1, -0.05) is 23.4 Å². The first-order valence-corrected chi connectivity index (χ1v) is 12.0. The minimum Gasteiger partial charge on any atom is -0.490 e. The first-order chi connectivity index (χ1) is 16.5. The number of nitrogens with one attached hydrogen (secondary N) is 1. The third-order valence-corrected chi connectivity index (χ3v) is 6.58. The van der Waals surface area contributed by atoms with Crippen molar-refractivity contribution in [2.24, 2.45) is 0 Å². The predicted molar refractivity (Wildman–Crippen MR) is 124 cm³/mol. The van der Waals surface area contributed by atoms with Crippen molar-refractivity contribution < 1.29 is 23.2 Å². The highest BCUT2D eigenvalue weighted by atomic mass is 19.1. The van der Waals surface area contributed by atoms with Gasteiger partial charge >= 0.3 is 0 Å². The monoisotopic (exact) mass is 464 g/mol. The van der Waals surface area contributed by atoms with Gasteiger partial charge in [0.05, 0.1) is 18.2 Å². The average Bonchev–Trinajstić information content (AvgIpc) is 3.24. The second kappa shape index (κ2) is 9.87. The summed E-state index contributed by atoms with van der Waals surface area (Å²) in [5.74, 6) is 1.95. The largest absolute Gasteiger partial charge is 0.490 e. The van der Waals surface area contributed by atoms with E-state index in [-0.39, 0.29) is 36.4 Å². The third kappa shape index (κ3) is 5.24. The number of ether oxygens (including phenoxy) is 2. The molecule has 178 valence electrons. The smallest absolute Gasteiger partial charge is 0.227 e. The number of benzene rings is 2. The van der Waals surface area contributed by atoms with Crippen molar-refractivity contribution in [3.8, 4) is 11.5 Å². The molecule has 34 heavy (non-hydrogen) atoms. The zero-order valence-electron chi connectivity index (χ0n) is 19.3. The SMILES string of the molecule is Cc1cc(CC(=O)NC2CCC(Oc3ccc4c(c3)CCC(c3ccccc3F)O4)CC2)on1. The van der Waals surface area contributed by atoms with E-state index in [4.69, 9.17) is 14.0 Å². The molecule has 7 heteroatoms. The van der Waals surface area contributed by atoms with Crippen LogP contribution in [0.15, 0.2) is 53.1 Å². The lowest BCUT2D eigenvalue weighted by Crippen LogP contribution is -2.40. The van der Waals surface area contributed by atoms with Gasteiger partial charge in [0.15, 0.2) is 0 Å². The van der Waals surface area contributed by atoms with Crippen LogP contribution in [0.5, 0.6) is 11.5 Å². The average molecular weight is 465 g/mol. The summed E-state index contributed by atoms with van der Waals surface area (Å²) in [6.07, 6.45) is 5.15. The van der Waals surface area contributed by atoms with Crippen molar-refractivity contribution in [1.82, 2.24) is 10.5 Å². The number of amides is 1. The lowest BCUT2D eigenvalue weighted by molar-refractivity contribution is -0.121. The van der Waals surface area contributed by atoms with Gasteiger partial charge < -0.3 is 19.3 Å². The maximum Gasteiger partial charge on any atom is 0.227 e. The first-order valence-electron chi connectivity index (χ1n) is 12.0. The maximum atomic E-state index is 14.1. The molecule has 1 unspecified atom stereocenters. The van der Waals surface area contributed by atoms with Crippen LogP contribution in [-0.2, 0) is 17.6 Å². The highest BCUT2D eigenvalue weighted by Gasteiger charge is 2.26. The van der Waals surface area contributed by atoms with E-state index in [2.05, 4.69) is 10.5 Å². The van der Waals surface area contributed by atoms with Gasteiger partial charge in [-0.2, -0.15) is 0 Å². The topological polar surface area (TPSA) is 73.6 Å². The van der Waals surface area contributed by atoms with E-state index in [1.807, 2.05) is 31.2 Å². The molecule has 3 aromatic rings. The summed E-state index contributed by atoms with van der Waals surface area (Å²) < 4.78 is 31.6. The van der Waals surface area contributed by atoms with Crippen LogP contribution in [0.25, 0.3) is 0 Å². The van der Waals surface area contributed by atoms with Gasteiger partial charge in [-0.15, -0.1) is 0 Å². The second-order valence-electron chi connectivity index (χ2n) is 9.21. The number of fused-ring (bicyclic) bond motifs is 1. The number of rotatable bonds is 6. The van der Waals surface area contributed by atoms with E-state index in [1.54, 1.807) is 18.2 Å². The number of aromatic nitrogens is 1. The van der Waals surface area contributed by atoms with Crippen molar-refractivity contribution in [2.75, 3.05) is 0 Å². The Morgan fingerprint density at radius 1 is 1.12 bits per heavy atom. The Labute approximate surface area is 198 Å². The van der Waals surface area contributed by atoms with Crippen molar-refractivity contribution >= 4 is 5.91 Å². The molecule has 2 heterocycles. The minimum atomic E-state index is -0.265. The summed E-state index contributed by atoms with van der Waals surface area (Å²) in [7, 11) is 0. The van der Waals surface area contributed by atoms with Crippen LogP contribution in [0.2, 0.25) is 0 Å². The molecule has 1 aliphatic carbocycles. The van der Waals surface area contributed by atoms with Gasteiger partial charge in [0.25, 0.3) is 0 Å². The quantitative estimate of drug-likeness (QED) is 0.540. The number of carbonyl (C=O) groups is 1. The summed E-state index contributed by atoms with van der Waals surface area (Å²) in [6, 6.07) is 14.6. The van der Waals surface area contributed by atoms with Crippen LogP contribution in [0, 0.1) is 12.7 Å². The van der Waals surface area contributed by atoms with E-state index in [1.165, 1.54) is 6.07 Å². The summed E-state index contributed by atoms with van der Waals surface area (Å²) in [5.41, 5.74) is 2.47. The van der Waals surface area contributed by atoms with E-state index < -0.39 is 0 Å². The van der Waals surface area contributed by atoms with Gasteiger partial charge in [0, 0.05) is 17.7 Å². The molecule has 2 aliphatic rings. The summed E-state index contributed by atoms with van der Waals surface area (Å²) in [4.78, 5) is 12.3. The van der Waals surface area contributed by atoms with E-state index in [0.29, 0.717) is 11.3 Å². The number of carbonyl (C=O) groups excluding carboxylic acids is 1. The van der Waals surface area contributed by atoms with Crippen LogP contribution in [-0.4, -0.2) is 23.2 Å². The molecule has 0 saturated heterocycles. The fraction of sp³-hybridized carbons (Fsp3) is 0.407. The van der Waals surface area contributed by atoms with Gasteiger partial charge in [-0.25, -0.2) is 4.39 Å². The number of hydrogen-bond acceptors (Lipinski definition) is 5. The van der Waals surface area contributed by atoms with Crippen LogP contribution in [0.4, 0.5) is 4.39 Å². The molecule has 0 bridgehead atoms. The molecule has 2 aromatic carbocycles. The Hall–Kier alpha value is -3.35. The van der Waals surface area contributed by atoms with Crippen molar-refractivity contribution in [2.45, 2.75) is 70.1 Å². The van der Waals surface area contributed by atoms with Crippen LogP contribution in [0.1, 0.15) is 60.8 Å². The Kier molecular flexibility index (Phi) is 6.52. The van der Waals surface area contributed by atoms with Gasteiger partial charge in [-0.3, -0.25) is 4.79 Å². The van der Waals surface area contributed by atoms with Gasteiger partial charge in [0.1, 0.15) is 29.2 Å². The molecule has 1 fully saturated rings. The van der Waals surface area contributed by atoms with Crippen molar-refractivity contribution in [3.05, 3.63) is 76.9 Å². The fourth-order valence-corrected chi connectivity index (χ4v) is 4.85. The first kappa shape index (κ1) is 22.4. The highest BCUT2D eigenvalue weighted by Crippen LogP contribution is 2.38. The maximum absolute atomic E-state index is 14.1. The van der Waals surface area contributed by atoms with Crippen LogP contribution in [0.3, 0.4) is 0 Å². The molecule has 1 aliphatic heterocycles. The van der Waals surface area contributed by atoms with Crippen molar-refractivity contribution in [3.63, 3.8) is 0 Å². The van der Waals surface area contributed by atoms with Gasteiger partial charge in [0.2, 0.25) is 5.91 Å². The standard InChI is InChI=1S/C27H29FN2O4/c1-17-14-22(34-30-17)16-27(31)29-19-7-9-20(10-8-19)32-21-11-13-25-18(15-21)6-12-26(33-25)23-4-2-3-5-24(23)28/h2-5,11,13-15,19-20,26H,6-10,12,16H2,1H3,(H,29,31). The molecule has 1 aromatic heterocycles. The number of nitrogens with zero attached hydrogens (tertiary/aromatic N) is 1. The second-order valence-corrected chi connectivity index (χ2v) is 9.21. The van der Waals surface area contributed by atoms with E-state index >= 15 is 0 Å². The zero-order chi connectivity index (χ0) is 23.5. The zero-order valence-corrected chi connectivity index (χ0v) is 19.3. The van der Waals surface area contributed by atoms with Crippen LogP contribution < -0.4 is 14.8 Å². The van der Waals surface area contributed by atoms with Crippen molar-refractivity contribution in [1.29, 1.82) is 0 Å². The molecule has 0 spiro atoms. The highest BCUT2D eigenvalue weighted by molar-refractivity contribution is 5.78. The fourth-order valence-electron chi connectivity index (χ4n) is 4.85. The Morgan fingerprint density at radius 2 is 1.94 bits per heavy atom. The lowest BCUT2D eigenvalue weighted by Gasteiger charge is -2.30. The predicted octanol–water partition coefficient (Wildman–Crippen LogP) is 5.24. The Morgan fingerprint density at radius 3 is 2.71 bits per heavy atom. The van der Waals surface area contributed by atoms with Crippen LogP contribution >= 0.6 is 0 Å². The third-order valence-electron chi connectivity index (χ3n) is 6.58. The molecule has 6 nitrogen and oxygen atoms in total. The van der Waals surface area contributed by atoms with Gasteiger partial charge in [-0.05, 0) is 75.3 Å². The van der Waals surface area contributed by atoms with E-state index in [9.17, 15) is 9.18 Å². The molecular formula is C27H29FN2O4. The summed E-state index contributed by atoms with van der Waals surface area (Å²) >= 11 is 0. The molecule has 1 atom stereocenters. The summed E-state index contributed by atoms with van der Waals surface area (Å²) in [5, 5.41) is 6.92. The lowest BCUT2D eigenvalue weighted by atomic mass is 9.92.